The number of nitrogens with zero attached hydrogens (tertiary/aromatic N) is 1. The standard InChI is InChI=1S/C20H21N3O6/c1-2-26-16-6-4-3-5-15(16)22-19(24)21-10-14-11-23(20(25)29-14)13-7-8-17-18(9-13)28-12-27-17/h3-9,14H,2,10-12H2,1H3,(H2,21,22,24)/t14-/m1/s1. The van der Waals surface area contributed by atoms with E-state index < -0.39 is 18.2 Å². The van der Waals surface area contributed by atoms with E-state index in [9.17, 15) is 9.59 Å². The summed E-state index contributed by atoms with van der Waals surface area (Å²) in [5.74, 6) is 1.82. The molecule has 29 heavy (non-hydrogen) atoms. The zero-order chi connectivity index (χ0) is 20.2. The van der Waals surface area contributed by atoms with Crippen molar-refractivity contribution in [2.45, 2.75) is 13.0 Å². The van der Waals surface area contributed by atoms with Gasteiger partial charge in [-0.15, -0.1) is 0 Å². The third kappa shape index (κ3) is 4.13. The Morgan fingerprint density at radius 1 is 1.21 bits per heavy atom. The van der Waals surface area contributed by atoms with Gasteiger partial charge < -0.3 is 29.6 Å². The Hall–Kier alpha value is -3.62. The molecule has 1 saturated heterocycles. The Balaban J connectivity index is 1.32. The van der Waals surface area contributed by atoms with Gasteiger partial charge in [0, 0.05) is 6.07 Å². The number of cyclic esters (lactones) is 1. The molecule has 0 spiro atoms. The molecule has 0 aromatic heterocycles. The number of rotatable bonds is 6. The number of carbonyl (C=O) groups is 2. The molecule has 2 N–H and O–H groups in total. The Labute approximate surface area is 167 Å². The number of carbonyl (C=O) groups excluding carboxylic acids is 2. The fourth-order valence-corrected chi connectivity index (χ4v) is 3.12. The number of nitrogens with one attached hydrogen (secondary N) is 2. The number of benzene rings is 2. The molecule has 2 heterocycles. The first-order valence-corrected chi connectivity index (χ1v) is 9.28. The van der Waals surface area contributed by atoms with E-state index in [1.807, 2.05) is 13.0 Å². The van der Waals surface area contributed by atoms with Crippen LogP contribution >= 0.6 is 0 Å². The second-order valence-electron chi connectivity index (χ2n) is 6.42. The molecule has 0 saturated carbocycles. The Bertz CT molecular complexity index is 919. The topological polar surface area (TPSA) is 98.4 Å². The molecule has 2 aliphatic rings. The number of para-hydroxylation sites is 2. The Kier molecular flexibility index (Phi) is 5.28. The SMILES string of the molecule is CCOc1ccccc1NC(=O)NC[C@@H]1CN(c2ccc3c(c2)OCO3)C(=O)O1. The minimum Gasteiger partial charge on any atom is -0.492 e. The monoisotopic (exact) mass is 399 g/mol. The third-order valence-corrected chi connectivity index (χ3v) is 4.47. The van der Waals surface area contributed by atoms with Crippen LogP contribution in [0.4, 0.5) is 21.0 Å². The Morgan fingerprint density at radius 2 is 2.03 bits per heavy atom. The van der Waals surface area contributed by atoms with Gasteiger partial charge in [-0.3, -0.25) is 4.90 Å². The lowest BCUT2D eigenvalue weighted by Crippen LogP contribution is -2.37. The quantitative estimate of drug-likeness (QED) is 0.775. The van der Waals surface area contributed by atoms with Crippen LogP contribution < -0.4 is 29.7 Å². The number of anilines is 2. The lowest BCUT2D eigenvalue weighted by molar-refractivity contribution is 0.141. The van der Waals surface area contributed by atoms with Crippen LogP contribution in [-0.2, 0) is 4.74 Å². The minimum atomic E-state index is -0.474. The van der Waals surface area contributed by atoms with Gasteiger partial charge in [-0.25, -0.2) is 9.59 Å². The van der Waals surface area contributed by atoms with Crippen molar-refractivity contribution in [1.82, 2.24) is 5.32 Å². The van der Waals surface area contributed by atoms with Crippen LogP contribution in [0.2, 0.25) is 0 Å². The summed E-state index contributed by atoms with van der Waals surface area (Å²) in [5.41, 5.74) is 1.22. The van der Waals surface area contributed by atoms with Crippen molar-refractivity contribution >= 4 is 23.5 Å². The summed E-state index contributed by atoms with van der Waals surface area (Å²) in [6, 6.07) is 12.0. The van der Waals surface area contributed by atoms with Gasteiger partial charge in [0.1, 0.15) is 11.9 Å². The molecule has 0 aliphatic carbocycles. The number of hydrogen-bond donors (Lipinski definition) is 2. The van der Waals surface area contributed by atoms with Gasteiger partial charge in [-0.1, -0.05) is 12.1 Å². The summed E-state index contributed by atoms with van der Waals surface area (Å²) in [6.07, 6.45) is -0.946. The number of hydrogen-bond acceptors (Lipinski definition) is 6. The molecule has 1 fully saturated rings. The van der Waals surface area contributed by atoms with Crippen LogP contribution in [0, 0.1) is 0 Å². The predicted octanol–water partition coefficient (Wildman–Crippen LogP) is 2.96. The maximum atomic E-state index is 12.2. The molecule has 0 bridgehead atoms. The molecule has 152 valence electrons. The number of amides is 3. The van der Waals surface area contributed by atoms with Crippen LogP contribution in [-0.4, -0.2) is 44.7 Å². The highest BCUT2D eigenvalue weighted by Gasteiger charge is 2.33. The molecule has 2 aromatic carbocycles. The van der Waals surface area contributed by atoms with Gasteiger partial charge in [0.15, 0.2) is 11.5 Å². The van der Waals surface area contributed by atoms with E-state index in [1.54, 1.807) is 36.4 Å². The van der Waals surface area contributed by atoms with Crippen LogP contribution in [0.3, 0.4) is 0 Å². The summed E-state index contributed by atoms with van der Waals surface area (Å²) in [6.45, 7) is 3.02. The van der Waals surface area contributed by atoms with E-state index in [2.05, 4.69) is 10.6 Å². The van der Waals surface area contributed by atoms with Crippen LogP contribution in [0.5, 0.6) is 17.2 Å². The van der Waals surface area contributed by atoms with E-state index in [4.69, 9.17) is 18.9 Å². The van der Waals surface area contributed by atoms with Gasteiger partial charge in [-0.2, -0.15) is 0 Å². The first-order chi connectivity index (χ1) is 14.1. The minimum absolute atomic E-state index is 0.164. The molecule has 0 radical (unpaired) electrons. The summed E-state index contributed by atoms with van der Waals surface area (Å²) in [7, 11) is 0. The third-order valence-electron chi connectivity index (χ3n) is 4.47. The maximum absolute atomic E-state index is 12.2. The Morgan fingerprint density at radius 3 is 2.90 bits per heavy atom. The van der Waals surface area contributed by atoms with Crippen molar-refractivity contribution < 1.29 is 28.5 Å². The van der Waals surface area contributed by atoms with Gasteiger partial charge in [0.25, 0.3) is 0 Å². The average molecular weight is 399 g/mol. The van der Waals surface area contributed by atoms with Crippen LogP contribution in [0.1, 0.15) is 6.92 Å². The highest BCUT2D eigenvalue weighted by Crippen LogP contribution is 2.36. The van der Waals surface area contributed by atoms with Gasteiger partial charge in [0.05, 0.1) is 31.1 Å². The van der Waals surface area contributed by atoms with Crippen molar-refractivity contribution in [1.29, 1.82) is 0 Å². The lowest BCUT2D eigenvalue weighted by Gasteiger charge is -2.14. The van der Waals surface area contributed by atoms with E-state index in [0.717, 1.165) is 0 Å². The lowest BCUT2D eigenvalue weighted by atomic mass is 10.2. The molecule has 2 aromatic rings. The first-order valence-electron chi connectivity index (χ1n) is 9.28. The smallest absolute Gasteiger partial charge is 0.414 e. The molecular weight excluding hydrogens is 378 g/mol. The van der Waals surface area contributed by atoms with Crippen molar-refractivity contribution in [3.63, 3.8) is 0 Å². The second-order valence-corrected chi connectivity index (χ2v) is 6.42. The zero-order valence-corrected chi connectivity index (χ0v) is 15.8. The highest BCUT2D eigenvalue weighted by atomic mass is 16.7. The highest BCUT2D eigenvalue weighted by molar-refractivity contribution is 5.92. The molecular formula is C20H21N3O6. The molecule has 3 amide bonds. The first kappa shape index (κ1) is 18.7. The van der Waals surface area contributed by atoms with Gasteiger partial charge in [0.2, 0.25) is 6.79 Å². The average Bonchev–Trinajstić information content (AvgIpc) is 3.33. The van der Waals surface area contributed by atoms with Crippen LogP contribution in [0.25, 0.3) is 0 Å². The van der Waals surface area contributed by atoms with Gasteiger partial charge >= 0.3 is 12.1 Å². The van der Waals surface area contributed by atoms with Crippen LogP contribution in [0.15, 0.2) is 42.5 Å². The van der Waals surface area contributed by atoms with Gasteiger partial charge in [-0.05, 0) is 31.2 Å². The van der Waals surface area contributed by atoms with Crippen molar-refractivity contribution in [2.24, 2.45) is 0 Å². The zero-order valence-electron chi connectivity index (χ0n) is 15.8. The summed E-state index contributed by atoms with van der Waals surface area (Å²) in [5, 5.41) is 5.46. The van der Waals surface area contributed by atoms with Crippen molar-refractivity contribution in [3.05, 3.63) is 42.5 Å². The summed E-state index contributed by atoms with van der Waals surface area (Å²) in [4.78, 5) is 25.9. The second kappa shape index (κ2) is 8.17. The number of ether oxygens (including phenoxy) is 4. The van der Waals surface area contributed by atoms with Crippen molar-refractivity contribution in [3.8, 4) is 17.2 Å². The number of fused-ring (bicyclic) bond motifs is 1. The predicted molar refractivity (Wildman–Crippen MR) is 105 cm³/mol. The number of urea groups is 1. The molecule has 2 aliphatic heterocycles. The maximum Gasteiger partial charge on any atom is 0.414 e. The largest absolute Gasteiger partial charge is 0.492 e. The fraction of sp³-hybridized carbons (Fsp3) is 0.300. The molecule has 9 nitrogen and oxygen atoms in total. The molecule has 0 unspecified atom stereocenters. The molecule has 9 heteroatoms. The van der Waals surface area contributed by atoms with E-state index in [1.165, 1.54) is 4.90 Å². The molecule has 4 rings (SSSR count). The summed E-state index contributed by atoms with van der Waals surface area (Å²) < 4.78 is 21.5. The van der Waals surface area contributed by atoms with E-state index in [-0.39, 0.29) is 13.3 Å². The van der Waals surface area contributed by atoms with E-state index in [0.29, 0.717) is 41.8 Å². The fourth-order valence-electron chi connectivity index (χ4n) is 3.12. The van der Waals surface area contributed by atoms with E-state index >= 15 is 0 Å². The summed E-state index contributed by atoms with van der Waals surface area (Å²) >= 11 is 0. The molecule has 1 atom stereocenters. The van der Waals surface area contributed by atoms with Crippen molar-refractivity contribution in [2.75, 3.05) is 36.7 Å². The normalized spacial score (nSPS) is 17.1.